The lowest BCUT2D eigenvalue weighted by Gasteiger charge is -2.20. The minimum absolute atomic E-state index is 0.0161. The fraction of sp³-hybridized carbons (Fsp3) is 0.174. The molecule has 0 fully saturated rings. The number of hydrogen-bond donors (Lipinski definition) is 0. The lowest BCUT2D eigenvalue weighted by Crippen LogP contribution is -2.10. The second kappa shape index (κ2) is 11.2. The normalized spacial score (nSPS) is 12.2. The van der Waals surface area contributed by atoms with E-state index in [0.717, 1.165) is 55.3 Å². The molecule has 0 aliphatic carbocycles. The van der Waals surface area contributed by atoms with Crippen LogP contribution in [0.25, 0.3) is 66.1 Å². The zero-order chi connectivity index (χ0) is 34.9. The van der Waals surface area contributed by atoms with E-state index in [9.17, 15) is 10.5 Å². The first kappa shape index (κ1) is 31.2. The Hall–Kier alpha value is -6.10. The molecule has 8 rings (SSSR count). The van der Waals surface area contributed by atoms with E-state index in [1.807, 2.05) is 18.2 Å². The predicted octanol–water partition coefficient (Wildman–Crippen LogP) is 11.9. The van der Waals surface area contributed by atoms with Crippen LogP contribution in [-0.4, -0.2) is 9.13 Å². The molecule has 0 amide bonds. The molecule has 0 N–H and O–H groups in total. The van der Waals surface area contributed by atoms with E-state index in [-0.39, 0.29) is 10.8 Å². The number of rotatable bonds is 3. The van der Waals surface area contributed by atoms with Crippen molar-refractivity contribution < 1.29 is 0 Å². The van der Waals surface area contributed by atoms with Crippen LogP contribution in [0.4, 0.5) is 0 Å². The van der Waals surface area contributed by atoms with Crippen molar-refractivity contribution in [3.63, 3.8) is 0 Å². The molecule has 0 spiro atoms. The van der Waals surface area contributed by atoms with Crippen molar-refractivity contribution in [3.8, 4) is 34.6 Å². The monoisotopic (exact) mass is 646 g/mol. The maximum absolute atomic E-state index is 10.6. The van der Waals surface area contributed by atoms with Crippen LogP contribution in [0, 0.1) is 22.7 Å². The predicted molar refractivity (Wildman–Crippen MR) is 207 cm³/mol. The van der Waals surface area contributed by atoms with Gasteiger partial charge in [-0.2, -0.15) is 10.5 Å². The van der Waals surface area contributed by atoms with Crippen LogP contribution in [0.2, 0.25) is 0 Å². The zero-order valence-corrected chi connectivity index (χ0v) is 29.3. The quantitative estimate of drug-likeness (QED) is 0.192. The average Bonchev–Trinajstić information content (AvgIpc) is 3.63. The fourth-order valence-electron chi connectivity index (χ4n) is 7.50. The molecule has 4 heteroatoms. The summed E-state index contributed by atoms with van der Waals surface area (Å²) in [6.45, 7) is 13.6. The average molecular weight is 647 g/mol. The topological polar surface area (TPSA) is 57.4 Å². The minimum atomic E-state index is -0.0161. The number of nitrogens with zero attached hydrogens (tertiary/aromatic N) is 4. The summed E-state index contributed by atoms with van der Waals surface area (Å²) in [5.74, 6) is 0. The number of fused-ring (bicyclic) bond motifs is 6. The van der Waals surface area contributed by atoms with Crippen LogP contribution < -0.4 is 0 Å². The van der Waals surface area contributed by atoms with Crippen molar-refractivity contribution in [1.29, 1.82) is 10.5 Å². The third kappa shape index (κ3) is 4.80. The summed E-state index contributed by atoms with van der Waals surface area (Å²) in [4.78, 5) is 0. The number of aromatic nitrogens is 2. The molecule has 0 radical (unpaired) electrons. The first-order valence-corrected chi connectivity index (χ1v) is 17.2. The van der Waals surface area contributed by atoms with Gasteiger partial charge in [0.2, 0.25) is 0 Å². The van der Waals surface area contributed by atoms with E-state index in [0.29, 0.717) is 11.1 Å². The Kier molecular flexibility index (Phi) is 7.00. The van der Waals surface area contributed by atoms with Gasteiger partial charge in [0.15, 0.2) is 0 Å². The number of benzene rings is 6. The summed E-state index contributed by atoms with van der Waals surface area (Å²) >= 11 is 0. The Labute approximate surface area is 293 Å². The largest absolute Gasteiger partial charge is 0.309 e. The number of nitriles is 2. The van der Waals surface area contributed by atoms with E-state index in [2.05, 4.69) is 160 Å². The van der Waals surface area contributed by atoms with Crippen LogP contribution in [0.15, 0.2) is 121 Å². The standard InChI is InChI=1S/C46H38N4/c1-45(2,3)31-17-20-39-36(25-31)37-26-32(46(4,5)6)18-21-40(37)50(39)42-23-22-41-44(43(42)34-19-16-29(27-47)24-30(34)28-48)35-14-10-11-15-38(35)49(41)33-12-8-7-9-13-33/h7-26H,1-6H3. The lowest BCUT2D eigenvalue weighted by molar-refractivity contribution is 0.590. The Morgan fingerprint density at radius 2 is 1.08 bits per heavy atom. The Bertz CT molecular complexity index is 2660. The van der Waals surface area contributed by atoms with Crippen molar-refractivity contribution in [2.45, 2.75) is 52.4 Å². The van der Waals surface area contributed by atoms with Crippen LogP contribution in [-0.2, 0) is 10.8 Å². The highest BCUT2D eigenvalue weighted by Crippen LogP contribution is 2.46. The van der Waals surface area contributed by atoms with Crippen molar-refractivity contribution >= 4 is 43.6 Å². The molecule has 242 valence electrons. The van der Waals surface area contributed by atoms with Crippen molar-refractivity contribution in [2.24, 2.45) is 0 Å². The Morgan fingerprint density at radius 3 is 1.68 bits per heavy atom. The Balaban J connectivity index is 1.59. The van der Waals surface area contributed by atoms with Gasteiger partial charge in [0, 0.05) is 38.4 Å². The molecule has 0 saturated heterocycles. The summed E-state index contributed by atoms with van der Waals surface area (Å²) in [7, 11) is 0. The molecular weight excluding hydrogens is 609 g/mol. The smallest absolute Gasteiger partial charge is 0.0998 e. The summed E-state index contributed by atoms with van der Waals surface area (Å²) in [6.07, 6.45) is 0. The van der Waals surface area contributed by atoms with Crippen molar-refractivity contribution in [1.82, 2.24) is 9.13 Å². The maximum Gasteiger partial charge on any atom is 0.0998 e. The maximum atomic E-state index is 10.6. The molecule has 6 aromatic carbocycles. The molecule has 50 heavy (non-hydrogen) atoms. The summed E-state index contributed by atoms with van der Waals surface area (Å²) < 4.78 is 4.69. The van der Waals surface area contributed by atoms with Crippen LogP contribution in [0.5, 0.6) is 0 Å². The van der Waals surface area contributed by atoms with Gasteiger partial charge >= 0.3 is 0 Å². The first-order valence-electron chi connectivity index (χ1n) is 17.2. The molecule has 0 unspecified atom stereocenters. The van der Waals surface area contributed by atoms with Crippen molar-refractivity contribution in [3.05, 3.63) is 144 Å². The number of para-hydroxylation sites is 2. The van der Waals surface area contributed by atoms with E-state index in [4.69, 9.17) is 0 Å². The highest BCUT2D eigenvalue weighted by Gasteiger charge is 2.26. The summed E-state index contributed by atoms with van der Waals surface area (Å²) in [5, 5.41) is 24.9. The molecule has 0 atom stereocenters. The van der Waals surface area contributed by atoms with Crippen LogP contribution >= 0.6 is 0 Å². The summed E-state index contributed by atoms with van der Waals surface area (Å²) in [6, 6.07) is 47.3. The SMILES string of the molecule is CC(C)(C)c1ccc2c(c1)c1cc(C(C)(C)C)ccc1n2-c1ccc2c(c1-c1ccc(C#N)cc1C#N)c1ccccc1n2-c1ccccc1. The van der Waals surface area contributed by atoms with Gasteiger partial charge in [0.25, 0.3) is 0 Å². The van der Waals surface area contributed by atoms with Gasteiger partial charge in [0.05, 0.1) is 51.0 Å². The van der Waals surface area contributed by atoms with E-state index < -0.39 is 0 Å². The van der Waals surface area contributed by atoms with E-state index in [1.165, 1.54) is 21.9 Å². The first-order chi connectivity index (χ1) is 24.0. The van der Waals surface area contributed by atoms with Gasteiger partial charge in [-0.25, -0.2) is 0 Å². The van der Waals surface area contributed by atoms with Gasteiger partial charge in [-0.1, -0.05) is 96.1 Å². The fourth-order valence-corrected chi connectivity index (χ4v) is 7.50. The van der Waals surface area contributed by atoms with Gasteiger partial charge in [-0.3, -0.25) is 0 Å². The molecule has 0 aliphatic heterocycles. The molecule has 8 aromatic rings. The molecule has 2 heterocycles. The second-order valence-corrected chi connectivity index (χ2v) is 15.3. The molecule has 4 nitrogen and oxygen atoms in total. The van der Waals surface area contributed by atoms with Gasteiger partial charge in [-0.05, 0) is 88.7 Å². The second-order valence-electron chi connectivity index (χ2n) is 15.3. The minimum Gasteiger partial charge on any atom is -0.309 e. The van der Waals surface area contributed by atoms with Crippen LogP contribution in [0.1, 0.15) is 63.8 Å². The zero-order valence-electron chi connectivity index (χ0n) is 29.3. The highest BCUT2D eigenvalue weighted by atomic mass is 15.0. The molecule has 2 aromatic heterocycles. The third-order valence-electron chi connectivity index (χ3n) is 10.1. The van der Waals surface area contributed by atoms with Gasteiger partial charge in [-0.15, -0.1) is 0 Å². The highest BCUT2D eigenvalue weighted by molar-refractivity contribution is 6.19. The third-order valence-corrected chi connectivity index (χ3v) is 10.1. The molecule has 0 aliphatic rings. The molecular formula is C46H38N4. The number of hydrogen-bond acceptors (Lipinski definition) is 2. The Morgan fingerprint density at radius 1 is 0.500 bits per heavy atom. The van der Waals surface area contributed by atoms with E-state index in [1.54, 1.807) is 6.07 Å². The van der Waals surface area contributed by atoms with Crippen molar-refractivity contribution in [2.75, 3.05) is 0 Å². The van der Waals surface area contributed by atoms with Gasteiger partial charge < -0.3 is 9.13 Å². The lowest BCUT2D eigenvalue weighted by atomic mass is 9.85. The summed E-state index contributed by atoms with van der Waals surface area (Å²) in [5.41, 5.74) is 11.7. The van der Waals surface area contributed by atoms with E-state index >= 15 is 0 Å². The molecule has 0 bridgehead atoms. The van der Waals surface area contributed by atoms with Crippen LogP contribution in [0.3, 0.4) is 0 Å². The molecule has 0 saturated carbocycles. The van der Waals surface area contributed by atoms with Gasteiger partial charge in [0.1, 0.15) is 0 Å².